The summed E-state index contributed by atoms with van der Waals surface area (Å²) in [5.41, 5.74) is 3.37. The Balaban J connectivity index is 2.21. The third kappa shape index (κ3) is 1.66. The number of aldehydes is 1. The summed E-state index contributed by atoms with van der Waals surface area (Å²) in [6.45, 7) is 2.07. The Labute approximate surface area is 102 Å². The number of fused-ring (bicyclic) bond motifs is 1. The first-order chi connectivity index (χ1) is 8.28. The molecule has 0 fully saturated rings. The van der Waals surface area contributed by atoms with E-state index in [0.717, 1.165) is 32.5 Å². The number of aromatic amines is 1. The molecule has 0 amide bonds. The van der Waals surface area contributed by atoms with Crippen molar-refractivity contribution in [3.05, 3.63) is 40.9 Å². The van der Waals surface area contributed by atoms with Crippen molar-refractivity contribution in [3.8, 4) is 10.4 Å². The van der Waals surface area contributed by atoms with Crippen LogP contribution in [0.5, 0.6) is 0 Å². The number of benzene rings is 1. The van der Waals surface area contributed by atoms with Gasteiger partial charge in [-0.3, -0.25) is 9.89 Å². The fraction of sp³-hybridized carbons (Fsp3) is 0.0769. The van der Waals surface area contributed by atoms with E-state index in [-0.39, 0.29) is 0 Å². The highest BCUT2D eigenvalue weighted by Gasteiger charge is 2.07. The highest BCUT2D eigenvalue weighted by Crippen LogP contribution is 2.32. The van der Waals surface area contributed by atoms with Crippen LogP contribution >= 0.6 is 11.3 Å². The number of rotatable bonds is 2. The average Bonchev–Trinajstić information content (AvgIpc) is 2.94. The van der Waals surface area contributed by atoms with E-state index in [1.54, 1.807) is 0 Å². The van der Waals surface area contributed by atoms with Crippen LogP contribution in [0.3, 0.4) is 0 Å². The lowest BCUT2D eigenvalue weighted by Crippen LogP contribution is -1.80. The number of carbonyl (C=O) groups is 1. The van der Waals surface area contributed by atoms with Gasteiger partial charge in [-0.15, -0.1) is 11.3 Å². The minimum Gasteiger partial charge on any atom is -0.297 e. The average molecular weight is 242 g/mol. The number of nitrogens with one attached hydrogen (secondary N) is 1. The molecule has 0 unspecified atom stereocenters. The van der Waals surface area contributed by atoms with Crippen LogP contribution in [-0.2, 0) is 0 Å². The normalized spacial score (nSPS) is 10.9. The lowest BCUT2D eigenvalue weighted by molar-refractivity contribution is 0.112. The van der Waals surface area contributed by atoms with Gasteiger partial charge in [0.05, 0.1) is 16.6 Å². The predicted molar refractivity (Wildman–Crippen MR) is 69.5 cm³/mol. The van der Waals surface area contributed by atoms with Crippen molar-refractivity contribution < 1.29 is 4.79 Å². The van der Waals surface area contributed by atoms with Crippen LogP contribution in [0.25, 0.3) is 21.3 Å². The van der Waals surface area contributed by atoms with Crippen LogP contribution in [0.15, 0.2) is 30.5 Å². The van der Waals surface area contributed by atoms with Crippen molar-refractivity contribution in [2.75, 3.05) is 0 Å². The summed E-state index contributed by atoms with van der Waals surface area (Å²) < 4.78 is 0. The monoisotopic (exact) mass is 242 g/mol. The number of aromatic nitrogens is 2. The summed E-state index contributed by atoms with van der Waals surface area (Å²) in [4.78, 5) is 12.6. The van der Waals surface area contributed by atoms with Crippen LogP contribution in [-0.4, -0.2) is 16.5 Å². The van der Waals surface area contributed by atoms with Crippen LogP contribution in [0, 0.1) is 6.92 Å². The van der Waals surface area contributed by atoms with Crippen molar-refractivity contribution in [2.24, 2.45) is 0 Å². The van der Waals surface area contributed by atoms with Gasteiger partial charge in [-0.25, -0.2) is 0 Å². The maximum absolute atomic E-state index is 10.7. The van der Waals surface area contributed by atoms with Gasteiger partial charge in [0, 0.05) is 10.3 Å². The van der Waals surface area contributed by atoms with Crippen molar-refractivity contribution in [2.45, 2.75) is 6.92 Å². The van der Waals surface area contributed by atoms with Crippen molar-refractivity contribution in [3.63, 3.8) is 0 Å². The Kier molecular flexibility index (Phi) is 2.30. The molecule has 0 aliphatic carbocycles. The highest BCUT2D eigenvalue weighted by atomic mass is 32.1. The molecule has 0 saturated carbocycles. The first-order valence-corrected chi connectivity index (χ1v) is 6.08. The van der Waals surface area contributed by atoms with Gasteiger partial charge < -0.3 is 0 Å². The van der Waals surface area contributed by atoms with E-state index in [2.05, 4.69) is 29.3 Å². The topological polar surface area (TPSA) is 45.8 Å². The molecule has 0 radical (unpaired) electrons. The third-order valence-electron chi connectivity index (χ3n) is 2.79. The van der Waals surface area contributed by atoms with E-state index < -0.39 is 0 Å². The maximum Gasteiger partial charge on any atom is 0.160 e. The molecule has 0 saturated heterocycles. The molecule has 0 spiro atoms. The van der Waals surface area contributed by atoms with E-state index in [1.807, 2.05) is 18.3 Å². The Hall–Kier alpha value is -1.94. The molecule has 3 nitrogen and oxygen atoms in total. The maximum atomic E-state index is 10.7. The van der Waals surface area contributed by atoms with Gasteiger partial charge in [0.25, 0.3) is 0 Å². The Morgan fingerprint density at radius 1 is 1.35 bits per heavy atom. The standard InChI is InChI=1S/C13H10N2OS/c1-8-4-9-6-14-15-12(9)5-11(8)13-3-2-10(7-16)17-13/h2-7H,1H3,(H,14,15). The molecule has 3 aromatic rings. The summed E-state index contributed by atoms with van der Waals surface area (Å²) in [6.07, 6.45) is 2.70. The van der Waals surface area contributed by atoms with Gasteiger partial charge in [-0.05, 0) is 42.3 Å². The lowest BCUT2D eigenvalue weighted by atomic mass is 10.1. The minimum atomic E-state index is 0.754. The van der Waals surface area contributed by atoms with Crippen LogP contribution in [0.1, 0.15) is 15.2 Å². The number of carbonyl (C=O) groups excluding carboxylic acids is 1. The first-order valence-electron chi connectivity index (χ1n) is 5.27. The van der Waals surface area contributed by atoms with Crippen molar-refractivity contribution in [1.82, 2.24) is 10.2 Å². The number of H-pyrrole nitrogens is 1. The number of hydrogen-bond donors (Lipinski definition) is 1. The van der Waals surface area contributed by atoms with Gasteiger partial charge in [0.15, 0.2) is 6.29 Å². The molecule has 2 heterocycles. The Morgan fingerprint density at radius 2 is 2.24 bits per heavy atom. The first kappa shape index (κ1) is 10.2. The number of aryl methyl sites for hydroxylation is 1. The second kappa shape index (κ2) is 3.82. The third-order valence-corrected chi connectivity index (χ3v) is 3.84. The molecule has 0 aliphatic rings. The summed E-state index contributed by atoms with van der Waals surface area (Å²) in [6, 6.07) is 8.02. The molecule has 3 rings (SSSR count). The predicted octanol–water partition coefficient (Wildman–Crippen LogP) is 3.41. The quantitative estimate of drug-likeness (QED) is 0.700. The fourth-order valence-corrected chi connectivity index (χ4v) is 2.84. The molecule has 2 aromatic heterocycles. The van der Waals surface area contributed by atoms with Gasteiger partial charge in [0.2, 0.25) is 0 Å². The van der Waals surface area contributed by atoms with Crippen molar-refractivity contribution >= 4 is 28.5 Å². The zero-order valence-corrected chi connectivity index (χ0v) is 10.0. The van der Waals surface area contributed by atoms with E-state index in [9.17, 15) is 4.79 Å². The van der Waals surface area contributed by atoms with Gasteiger partial charge in [-0.2, -0.15) is 5.10 Å². The van der Waals surface area contributed by atoms with E-state index >= 15 is 0 Å². The second-order valence-electron chi connectivity index (χ2n) is 3.94. The second-order valence-corrected chi connectivity index (χ2v) is 5.06. The number of nitrogens with zero attached hydrogens (tertiary/aromatic N) is 1. The van der Waals surface area contributed by atoms with E-state index in [1.165, 1.54) is 16.9 Å². The SMILES string of the molecule is Cc1cc2cn[nH]c2cc1-c1ccc(C=O)s1. The van der Waals surface area contributed by atoms with Crippen LogP contribution in [0.2, 0.25) is 0 Å². The van der Waals surface area contributed by atoms with Crippen molar-refractivity contribution in [1.29, 1.82) is 0 Å². The fourth-order valence-electron chi connectivity index (χ4n) is 1.93. The summed E-state index contributed by atoms with van der Waals surface area (Å²) >= 11 is 1.51. The molecule has 1 N–H and O–H groups in total. The van der Waals surface area contributed by atoms with E-state index in [0.29, 0.717) is 0 Å². The smallest absolute Gasteiger partial charge is 0.160 e. The number of hydrogen-bond acceptors (Lipinski definition) is 3. The molecule has 84 valence electrons. The highest BCUT2D eigenvalue weighted by molar-refractivity contribution is 7.17. The minimum absolute atomic E-state index is 0.754. The molecule has 0 aliphatic heterocycles. The molecular weight excluding hydrogens is 232 g/mol. The zero-order chi connectivity index (χ0) is 11.8. The molecule has 4 heteroatoms. The van der Waals surface area contributed by atoms with Crippen LogP contribution in [0.4, 0.5) is 0 Å². The van der Waals surface area contributed by atoms with Gasteiger partial charge in [-0.1, -0.05) is 0 Å². The van der Waals surface area contributed by atoms with Crippen LogP contribution < -0.4 is 0 Å². The van der Waals surface area contributed by atoms with Gasteiger partial charge >= 0.3 is 0 Å². The lowest BCUT2D eigenvalue weighted by Gasteiger charge is -2.03. The molecule has 0 atom stereocenters. The molecule has 0 bridgehead atoms. The molecular formula is C13H10N2OS. The summed E-state index contributed by atoms with van der Waals surface area (Å²) in [5, 5.41) is 8.09. The Bertz CT molecular complexity index is 696. The summed E-state index contributed by atoms with van der Waals surface area (Å²) in [7, 11) is 0. The zero-order valence-electron chi connectivity index (χ0n) is 9.23. The molecule has 17 heavy (non-hydrogen) atoms. The summed E-state index contributed by atoms with van der Waals surface area (Å²) in [5.74, 6) is 0. The van der Waals surface area contributed by atoms with E-state index in [4.69, 9.17) is 0 Å². The number of thiophene rings is 1. The van der Waals surface area contributed by atoms with Gasteiger partial charge in [0.1, 0.15) is 0 Å². The molecule has 1 aromatic carbocycles. The Morgan fingerprint density at radius 3 is 3.00 bits per heavy atom. The largest absolute Gasteiger partial charge is 0.297 e.